The second-order valence-electron chi connectivity index (χ2n) is 8.63. The molecular weight excluding hydrogens is 410 g/mol. The van der Waals surface area contributed by atoms with Gasteiger partial charge in [-0.15, -0.1) is 11.3 Å². The Hall–Kier alpha value is -2.25. The summed E-state index contributed by atoms with van der Waals surface area (Å²) in [6.07, 6.45) is 4.71. The van der Waals surface area contributed by atoms with E-state index in [1.54, 1.807) is 11.3 Å². The predicted molar refractivity (Wildman–Crippen MR) is 121 cm³/mol. The molecule has 2 saturated heterocycles. The normalized spacial score (nSPS) is 21.5. The highest BCUT2D eigenvalue weighted by molar-refractivity contribution is 7.09. The first-order valence-electron chi connectivity index (χ1n) is 11.1. The molecule has 2 fully saturated rings. The topological polar surface area (TPSA) is 62.7 Å². The summed E-state index contributed by atoms with van der Waals surface area (Å²) in [6.45, 7) is 5.82. The van der Waals surface area contributed by atoms with Gasteiger partial charge in [0.25, 0.3) is 0 Å². The van der Waals surface area contributed by atoms with Crippen LogP contribution in [0.3, 0.4) is 0 Å². The minimum Gasteiger partial charge on any atom is -0.465 e. The summed E-state index contributed by atoms with van der Waals surface area (Å²) in [7, 11) is 1.40. The minimum absolute atomic E-state index is 0.300. The van der Waals surface area contributed by atoms with E-state index in [9.17, 15) is 9.59 Å². The standard InChI is InChI=1S/C24H31N3O3S/c1-17-22(31-16-25-17)9-10-23(28)27-12-3-4-20-15-26(13-11-21(20)27)14-18-5-7-19(8-6-18)24(29)30-2/h5-8,16,20-21H,3-4,9-15H2,1-2H3/t20-,21+/m1/s1. The average molecular weight is 442 g/mol. The molecule has 6 nitrogen and oxygen atoms in total. The van der Waals surface area contributed by atoms with Crippen LogP contribution >= 0.6 is 11.3 Å². The highest BCUT2D eigenvalue weighted by atomic mass is 32.1. The van der Waals surface area contributed by atoms with E-state index in [4.69, 9.17) is 4.74 Å². The molecule has 1 aromatic heterocycles. The number of fused-ring (bicyclic) bond motifs is 1. The van der Waals surface area contributed by atoms with Crippen molar-refractivity contribution < 1.29 is 14.3 Å². The number of likely N-dealkylation sites (tertiary alicyclic amines) is 2. The van der Waals surface area contributed by atoms with E-state index in [1.807, 2.05) is 36.7 Å². The van der Waals surface area contributed by atoms with Crippen LogP contribution in [0.5, 0.6) is 0 Å². The second-order valence-corrected chi connectivity index (χ2v) is 9.57. The molecule has 0 spiro atoms. The lowest BCUT2D eigenvalue weighted by Crippen LogP contribution is -2.55. The summed E-state index contributed by atoms with van der Waals surface area (Å²) < 4.78 is 4.77. The molecule has 2 atom stereocenters. The number of aryl methyl sites for hydroxylation is 2. The Morgan fingerprint density at radius 3 is 2.71 bits per heavy atom. The number of aromatic nitrogens is 1. The number of nitrogens with zero attached hydrogens (tertiary/aromatic N) is 3. The summed E-state index contributed by atoms with van der Waals surface area (Å²) in [5, 5.41) is 0. The number of hydrogen-bond acceptors (Lipinski definition) is 6. The lowest BCUT2D eigenvalue weighted by atomic mass is 9.83. The molecule has 0 bridgehead atoms. The van der Waals surface area contributed by atoms with Gasteiger partial charge in [0.05, 0.1) is 23.9 Å². The smallest absolute Gasteiger partial charge is 0.337 e. The minimum atomic E-state index is -0.301. The molecule has 2 aliphatic rings. The Morgan fingerprint density at radius 1 is 1.19 bits per heavy atom. The number of methoxy groups -OCH3 is 1. The molecule has 3 heterocycles. The number of carbonyl (C=O) groups is 2. The predicted octanol–water partition coefficient (Wildman–Crippen LogP) is 3.68. The van der Waals surface area contributed by atoms with E-state index in [0.29, 0.717) is 29.9 Å². The van der Waals surface area contributed by atoms with Gasteiger partial charge >= 0.3 is 5.97 Å². The molecular formula is C24H31N3O3S. The Labute approximate surface area is 188 Å². The van der Waals surface area contributed by atoms with Gasteiger partial charge in [-0.2, -0.15) is 0 Å². The molecule has 0 aliphatic carbocycles. The van der Waals surface area contributed by atoms with Crippen molar-refractivity contribution in [2.24, 2.45) is 5.92 Å². The maximum Gasteiger partial charge on any atom is 0.337 e. The first kappa shape index (κ1) is 22.0. The van der Waals surface area contributed by atoms with E-state index in [2.05, 4.69) is 14.8 Å². The number of piperidine rings is 2. The van der Waals surface area contributed by atoms with E-state index in [1.165, 1.54) is 24.0 Å². The Balaban J connectivity index is 1.32. The molecule has 0 saturated carbocycles. The zero-order chi connectivity index (χ0) is 21.8. The van der Waals surface area contributed by atoms with Crippen LogP contribution in [0.15, 0.2) is 29.8 Å². The molecule has 4 rings (SSSR count). The van der Waals surface area contributed by atoms with Crippen molar-refractivity contribution >= 4 is 23.2 Å². The Morgan fingerprint density at radius 2 is 2.00 bits per heavy atom. The summed E-state index contributed by atoms with van der Waals surface area (Å²) in [4.78, 5) is 34.8. The number of benzene rings is 1. The largest absolute Gasteiger partial charge is 0.465 e. The third-order valence-electron chi connectivity index (χ3n) is 6.66. The van der Waals surface area contributed by atoms with Crippen molar-refractivity contribution in [1.29, 1.82) is 0 Å². The average Bonchev–Trinajstić information content (AvgIpc) is 3.21. The third kappa shape index (κ3) is 5.15. The van der Waals surface area contributed by atoms with Crippen molar-refractivity contribution in [3.63, 3.8) is 0 Å². The van der Waals surface area contributed by atoms with E-state index in [-0.39, 0.29) is 5.97 Å². The highest BCUT2D eigenvalue weighted by Crippen LogP contribution is 2.32. The fourth-order valence-electron chi connectivity index (χ4n) is 4.98. The zero-order valence-electron chi connectivity index (χ0n) is 18.4. The Kier molecular flexibility index (Phi) is 7.02. The second kappa shape index (κ2) is 9.92. The molecule has 0 unspecified atom stereocenters. The van der Waals surface area contributed by atoms with E-state index in [0.717, 1.165) is 51.1 Å². The fraction of sp³-hybridized carbons (Fsp3) is 0.542. The first-order valence-corrected chi connectivity index (χ1v) is 12.0. The van der Waals surface area contributed by atoms with Gasteiger partial charge in [-0.25, -0.2) is 9.78 Å². The van der Waals surface area contributed by atoms with Gasteiger partial charge in [0, 0.05) is 43.5 Å². The van der Waals surface area contributed by atoms with Crippen LogP contribution < -0.4 is 0 Å². The maximum atomic E-state index is 13.0. The zero-order valence-corrected chi connectivity index (χ0v) is 19.2. The molecule has 1 aromatic carbocycles. The fourth-order valence-corrected chi connectivity index (χ4v) is 5.77. The van der Waals surface area contributed by atoms with E-state index < -0.39 is 0 Å². The number of esters is 1. The van der Waals surface area contributed by atoms with E-state index >= 15 is 0 Å². The summed E-state index contributed by atoms with van der Waals surface area (Å²) in [5.74, 6) is 0.546. The quantitative estimate of drug-likeness (QED) is 0.640. The van der Waals surface area contributed by atoms with Crippen molar-refractivity contribution in [1.82, 2.24) is 14.8 Å². The maximum absolute atomic E-state index is 13.0. The van der Waals surface area contributed by atoms with Crippen molar-refractivity contribution in [2.45, 2.75) is 51.6 Å². The van der Waals surface area contributed by atoms with Crippen LogP contribution in [0.1, 0.15) is 52.2 Å². The molecule has 0 radical (unpaired) electrons. The molecule has 31 heavy (non-hydrogen) atoms. The van der Waals surface area contributed by atoms with Crippen LogP contribution in [-0.4, -0.2) is 59.4 Å². The number of carbonyl (C=O) groups excluding carboxylic acids is 2. The molecule has 1 amide bonds. The molecule has 0 N–H and O–H groups in total. The van der Waals surface area contributed by atoms with Gasteiger partial charge in [-0.05, 0) is 56.2 Å². The van der Waals surface area contributed by atoms with Crippen LogP contribution in [-0.2, 0) is 22.5 Å². The first-order chi connectivity index (χ1) is 15.0. The van der Waals surface area contributed by atoms with Gasteiger partial charge in [-0.1, -0.05) is 12.1 Å². The summed E-state index contributed by atoms with van der Waals surface area (Å²) >= 11 is 1.65. The highest BCUT2D eigenvalue weighted by Gasteiger charge is 2.37. The summed E-state index contributed by atoms with van der Waals surface area (Å²) in [5.41, 5.74) is 4.71. The lowest BCUT2D eigenvalue weighted by Gasteiger charge is -2.47. The van der Waals surface area contributed by atoms with Gasteiger partial charge in [0.2, 0.25) is 5.91 Å². The molecule has 7 heteroatoms. The number of amides is 1. The number of ether oxygens (including phenoxy) is 1. The summed E-state index contributed by atoms with van der Waals surface area (Å²) in [6, 6.07) is 8.06. The monoisotopic (exact) mass is 441 g/mol. The van der Waals surface area contributed by atoms with Gasteiger partial charge in [0.15, 0.2) is 0 Å². The number of hydrogen-bond donors (Lipinski definition) is 0. The molecule has 166 valence electrons. The number of thiazole rings is 1. The molecule has 2 aromatic rings. The van der Waals surface area contributed by atoms with Crippen molar-refractivity contribution in [3.05, 3.63) is 51.5 Å². The van der Waals surface area contributed by atoms with Crippen LogP contribution in [0.25, 0.3) is 0 Å². The molecule has 2 aliphatic heterocycles. The van der Waals surface area contributed by atoms with Crippen LogP contribution in [0.2, 0.25) is 0 Å². The lowest BCUT2D eigenvalue weighted by molar-refractivity contribution is -0.138. The van der Waals surface area contributed by atoms with Gasteiger partial charge < -0.3 is 9.64 Å². The van der Waals surface area contributed by atoms with Crippen LogP contribution in [0, 0.1) is 12.8 Å². The van der Waals surface area contributed by atoms with Gasteiger partial charge in [0.1, 0.15) is 0 Å². The third-order valence-corrected chi connectivity index (χ3v) is 7.66. The number of rotatable bonds is 6. The Bertz CT molecular complexity index is 911. The van der Waals surface area contributed by atoms with Gasteiger partial charge in [-0.3, -0.25) is 9.69 Å². The van der Waals surface area contributed by atoms with Crippen LogP contribution in [0.4, 0.5) is 0 Å². The SMILES string of the molecule is COC(=O)c1ccc(CN2CC[C@H]3[C@H](CCCN3C(=O)CCc3scnc3C)C2)cc1. The van der Waals surface area contributed by atoms with Crippen molar-refractivity contribution in [2.75, 3.05) is 26.7 Å². The van der Waals surface area contributed by atoms with Crippen molar-refractivity contribution in [3.8, 4) is 0 Å².